The maximum Gasteiger partial charge on any atom is 0.164 e. The highest BCUT2D eigenvalue weighted by molar-refractivity contribution is 6.24. The molecule has 0 bridgehead atoms. The Labute approximate surface area is 367 Å². The second-order valence-corrected chi connectivity index (χ2v) is 18.4. The summed E-state index contributed by atoms with van der Waals surface area (Å²) in [5, 5.41) is 4.87. The van der Waals surface area contributed by atoms with Gasteiger partial charge in [-0.05, 0) is 76.4 Å². The van der Waals surface area contributed by atoms with E-state index in [2.05, 4.69) is 164 Å². The number of rotatable bonds is 6. The number of hydrogen-bond acceptors (Lipinski definition) is 3. The van der Waals surface area contributed by atoms with Crippen LogP contribution >= 0.6 is 0 Å². The highest BCUT2D eigenvalue weighted by Crippen LogP contribution is 2.51. The van der Waals surface area contributed by atoms with E-state index in [-0.39, 0.29) is 10.8 Å². The van der Waals surface area contributed by atoms with Crippen LogP contribution in [0.3, 0.4) is 0 Å². The minimum absolute atomic E-state index is 0.0944. The molecule has 5 heteroatoms. The van der Waals surface area contributed by atoms with Crippen LogP contribution in [0.25, 0.3) is 100 Å². The molecule has 1 aliphatic carbocycles. The molecule has 11 aromatic rings. The van der Waals surface area contributed by atoms with Crippen LogP contribution < -0.4 is 0 Å². The summed E-state index contributed by atoms with van der Waals surface area (Å²) in [5.41, 5.74) is 15.3. The molecule has 8 aromatic carbocycles. The standard InChI is InChI=1S/C58H45N5/c1-57(2)36-58(3,4)48-35-40(29-34-47(48)57)42-21-11-14-24-49(42)63-51-26-16-13-23-44(51)46-33-32-45-43-22-12-15-25-50(43)62(52(45)53(46)63)41-30-27-39(28-31-41)56-60-54(37-17-7-5-8-18-37)59-55(61-56)38-19-9-6-10-20-38/h5-35H,36H2,1-4H3. The number of hydrogen-bond donors (Lipinski definition) is 0. The number of nitrogens with zero attached hydrogens (tertiary/aromatic N) is 5. The summed E-state index contributed by atoms with van der Waals surface area (Å²) in [7, 11) is 0. The van der Waals surface area contributed by atoms with E-state index in [0.717, 1.165) is 40.0 Å². The van der Waals surface area contributed by atoms with Crippen LogP contribution in [0.4, 0.5) is 0 Å². The molecule has 3 heterocycles. The first-order valence-electron chi connectivity index (χ1n) is 21.9. The molecule has 12 rings (SSSR count). The summed E-state index contributed by atoms with van der Waals surface area (Å²) in [5.74, 6) is 1.93. The molecule has 0 aliphatic heterocycles. The van der Waals surface area contributed by atoms with Crippen LogP contribution in [0.2, 0.25) is 0 Å². The molecule has 0 amide bonds. The number of fused-ring (bicyclic) bond motifs is 8. The van der Waals surface area contributed by atoms with Crippen LogP contribution in [-0.4, -0.2) is 24.1 Å². The molecule has 0 N–H and O–H groups in total. The van der Waals surface area contributed by atoms with Crippen LogP contribution in [-0.2, 0) is 10.8 Å². The van der Waals surface area contributed by atoms with Gasteiger partial charge in [-0.25, -0.2) is 15.0 Å². The molecule has 0 saturated heterocycles. The van der Waals surface area contributed by atoms with Crippen molar-refractivity contribution in [2.75, 3.05) is 0 Å². The van der Waals surface area contributed by atoms with E-state index in [1.807, 2.05) is 60.7 Å². The largest absolute Gasteiger partial charge is 0.307 e. The van der Waals surface area contributed by atoms with Crippen molar-refractivity contribution < 1.29 is 0 Å². The van der Waals surface area contributed by atoms with Crippen molar-refractivity contribution in [3.63, 3.8) is 0 Å². The zero-order valence-corrected chi connectivity index (χ0v) is 35.8. The summed E-state index contributed by atoms with van der Waals surface area (Å²) in [6.07, 6.45) is 1.13. The summed E-state index contributed by atoms with van der Waals surface area (Å²) in [6, 6.07) is 67.5. The highest BCUT2D eigenvalue weighted by atomic mass is 15.1. The first-order chi connectivity index (χ1) is 30.7. The first-order valence-corrected chi connectivity index (χ1v) is 21.9. The average Bonchev–Trinajstić information content (AvgIpc) is 3.91. The predicted molar refractivity (Wildman–Crippen MR) is 261 cm³/mol. The van der Waals surface area contributed by atoms with Crippen molar-refractivity contribution in [2.45, 2.75) is 44.9 Å². The van der Waals surface area contributed by atoms with Crippen molar-refractivity contribution in [2.24, 2.45) is 0 Å². The highest BCUT2D eigenvalue weighted by Gasteiger charge is 2.42. The van der Waals surface area contributed by atoms with E-state index in [9.17, 15) is 0 Å². The van der Waals surface area contributed by atoms with E-state index >= 15 is 0 Å². The van der Waals surface area contributed by atoms with E-state index in [4.69, 9.17) is 15.0 Å². The van der Waals surface area contributed by atoms with Crippen molar-refractivity contribution >= 4 is 43.6 Å². The van der Waals surface area contributed by atoms with Crippen LogP contribution in [0.5, 0.6) is 0 Å². The van der Waals surface area contributed by atoms with Gasteiger partial charge >= 0.3 is 0 Å². The van der Waals surface area contributed by atoms with E-state index in [1.54, 1.807) is 0 Å². The molecule has 1 aliphatic rings. The van der Waals surface area contributed by atoms with Crippen molar-refractivity contribution in [1.29, 1.82) is 0 Å². The zero-order chi connectivity index (χ0) is 42.5. The van der Waals surface area contributed by atoms with E-state index in [0.29, 0.717) is 17.5 Å². The molecular weight excluding hydrogens is 767 g/mol. The summed E-state index contributed by atoms with van der Waals surface area (Å²) in [6.45, 7) is 9.58. The van der Waals surface area contributed by atoms with E-state index in [1.165, 1.54) is 60.3 Å². The Morgan fingerprint density at radius 3 is 1.44 bits per heavy atom. The molecule has 5 nitrogen and oxygen atoms in total. The number of para-hydroxylation sites is 3. The van der Waals surface area contributed by atoms with Crippen LogP contribution in [0.1, 0.15) is 45.2 Å². The third-order valence-corrected chi connectivity index (χ3v) is 13.4. The van der Waals surface area contributed by atoms with Gasteiger partial charge < -0.3 is 9.13 Å². The normalized spacial score (nSPS) is 14.2. The van der Waals surface area contributed by atoms with Gasteiger partial charge in [0.05, 0.1) is 27.8 Å². The first kappa shape index (κ1) is 37.2. The lowest BCUT2D eigenvalue weighted by molar-refractivity contribution is 0.403. The minimum Gasteiger partial charge on any atom is -0.307 e. The number of aromatic nitrogens is 5. The van der Waals surface area contributed by atoms with Crippen molar-refractivity contribution in [3.8, 4) is 56.7 Å². The Kier molecular flexibility index (Phi) is 8.23. The molecule has 0 fully saturated rings. The molecule has 302 valence electrons. The fourth-order valence-corrected chi connectivity index (χ4v) is 10.8. The molecule has 0 atom stereocenters. The topological polar surface area (TPSA) is 48.5 Å². The fraction of sp³-hybridized carbons (Fsp3) is 0.121. The van der Waals surface area contributed by atoms with Gasteiger partial charge in [-0.1, -0.05) is 173 Å². The molecular formula is C58H45N5. The van der Waals surface area contributed by atoms with Gasteiger partial charge in [0.15, 0.2) is 17.5 Å². The lowest BCUT2D eigenvalue weighted by Crippen LogP contribution is -2.17. The van der Waals surface area contributed by atoms with Gasteiger partial charge in [0, 0.05) is 49.5 Å². The Balaban J connectivity index is 1.08. The quantitative estimate of drug-likeness (QED) is 0.168. The van der Waals surface area contributed by atoms with Gasteiger partial charge in [-0.15, -0.1) is 0 Å². The SMILES string of the molecule is CC1(C)CC(C)(C)c2cc(-c3ccccc3-n3c4ccccc4c4ccc5c6ccccc6n(-c6ccc(-c7nc(-c8ccccc8)nc(-c8ccccc8)n7)cc6)c5c43)ccc21. The van der Waals surface area contributed by atoms with Gasteiger partial charge in [0.2, 0.25) is 0 Å². The third kappa shape index (κ3) is 5.87. The smallest absolute Gasteiger partial charge is 0.164 e. The van der Waals surface area contributed by atoms with Gasteiger partial charge in [-0.3, -0.25) is 0 Å². The lowest BCUT2D eigenvalue weighted by atomic mass is 9.82. The van der Waals surface area contributed by atoms with Crippen molar-refractivity contribution in [1.82, 2.24) is 24.1 Å². The molecule has 63 heavy (non-hydrogen) atoms. The maximum absolute atomic E-state index is 5.04. The molecule has 0 saturated carbocycles. The fourth-order valence-electron chi connectivity index (χ4n) is 10.8. The third-order valence-electron chi connectivity index (χ3n) is 13.4. The molecule has 3 aromatic heterocycles. The van der Waals surface area contributed by atoms with Gasteiger partial charge in [0.25, 0.3) is 0 Å². The molecule has 0 spiro atoms. The summed E-state index contributed by atoms with van der Waals surface area (Å²) in [4.78, 5) is 15.0. The monoisotopic (exact) mass is 811 g/mol. The summed E-state index contributed by atoms with van der Waals surface area (Å²) < 4.78 is 4.97. The molecule has 0 unspecified atom stereocenters. The average molecular weight is 812 g/mol. The van der Waals surface area contributed by atoms with Gasteiger partial charge in [-0.2, -0.15) is 0 Å². The maximum atomic E-state index is 5.04. The second kappa shape index (κ2) is 13.9. The Morgan fingerprint density at radius 2 is 0.841 bits per heavy atom. The Morgan fingerprint density at radius 1 is 0.381 bits per heavy atom. The summed E-state index contributed by atoms with van der Waals surface area (Å²) >= 11 is 0. The Hall–Kier alpha value is -7.63. The van der Waals surface area contributed by atoms with Crippen LogP contribution in [0.15, 0.2) is 188 Å². The van der Waals surface area contributed by atoms with Crippen molar-refractivity contribution in [3.05, 3.63) is 199 Å². The van der Waals surface area contributed by atoms with Gasteiger partial charge in [0.1, 0.15) is 0 Å². The molecule has 0 radical (unpaired) electrons. The van der Waals surface area contributed by atoms with E-state index < -0.39 is 0 Å². The zero-order valence-electron chi connectivity index (χ0n) is 35.8. The Bertz CT molecular complexity index is 3520. The minimum atomic E-state index is 0.0944. The lowest BCUT2D eigenvalue weighted by Gasteiger charge is -2.22. The van der Waals surface area contributed by atoms with Crippen LogP contribution in [0, 0.1) is 0 Å². The second-order valence-electron chi connectivity index (χ2n) is 18.4. The number of benzene rings is 8. The predicted octanol–water partition coefficient (Wildman–Crippen LogP) is 14.7.